The molecule has 1 amide bonds. The molecule has 2 aromatic rings. The molecule has 158 valence electrons. The fraction of sp³-hybridized carbons (Fsp3) is 0.360. The molecule has 1 unspecified atom stereocenters. The first-order valence-electron chi connectivity index (χ1n) is 10.3. The van der Waals surface area contributed by atoms with Crippen LogP contribution in [0.15, 0.2) is 54.1 Å². The van der Waals surface area contributed by atoms with Crippen molar-refractivity contribution in [1.82, 2.24) is 4.90 Å². The number of Topliss-reactive ketones (excluding diaryl/α,β-unsaturated/α-hetero) is 1. The van der Waals surface area contributed by atoms with Crippen molar-refractivity contribution in [3.8, 4) is 0 Å². The van der Waals surface area contributed by atoms with Gasteiger partial charge < -0.3 is 10.0 Å². The lowest BCUT2D eigenvalue weighted by molar-refractivity contribution is -0.139. The highest BCUT2D eigenvalue weighted by atomic mass is 35.5. The third kappa shape index (κ3) is 4.29. The SMILES string of the molecule is CCCCN1C(=O)C(=O)/C(=C(\O)c2ccc(Cl)cc2)C1c1ccc(C(C)(C)C)cc1. The van der Waals surface area contributed by atoms with Crippen molar-refractivity contribution in [3.05, 3.63) is 75.8 Å². The zero-order valence-corrected chi connectivity index (χ0v) is 18.7. The Hall–Kier alpha value is -2.59. The van der Waals surface area contributed by atoms with E-state index in [0.717, 1.165) is 24.0 Å². The number of halogens is 1. The molecule has 1 saturated heterocycles. The minimum atomic E-state index is -0.650. The van der Waals surface area contributed by atoms with Gasteiger partial charge in [-0.25, -0.2) is 0 Å². The Labute approximate surface area is 183 Å². The number of carbonyl (C=O) groups excluding carboxylic acids is 2. The highest BCUT2D eigenvalue weighted by Gasteiger charge is 2.45. The van der Waals surface area contributed by atoms with E-state index >= 15 is 0 Å². The summed E-state index contributed by atoms with van der Waals surface area (Å²) in [6.45, 7) is 8.91. The van der Waals surface area contributed by atoms with Gasteiger partial charge in [-0.3, -0.25) is 9.59 Å². The smallest absolute Gasteiger partial charge is 0.295 e. The van der Waals surface area contributed by atoms with Gasteiger partial charge in [-0.1, -0.05) is 70.0 Å². The Bertz CT molecular complexity index is 969. The summed E-state index contributed by atoms with van der Waals surface area (Å²) in [5, 5.41) is 11.5. The number of nitrogens with zero attached hydrogens (tertiary/aromatic N) is 1. The van der Waals surface area contributed by atoms with Gasteiger partial charge in [0, 0.05) is 17.1 Å². The van der Waals surface area contributed by atoms with Gasteiger partial charge in [0.05, 0.1) is 11.6 Å². The minimum absolute atomic E-state index is 0.00808. The summed E-state index contributed by atoms with van der Waals surface area (Å²) >= 11 is 5.96. The predicted molar refractivity (Wildman–Crippen MR) is 121 cm³/mol. The lowest BCUT2D eigenvalue weighted by atomic mass is 9.85. The molecule has 30 heavy (non-hydrogen) atoms. The molecule has 1 fully saturated rings. The second kappa shape index (κ2) is 8.65. The van der Waals surface area contributed by atoms with E-state index in [-0.39, 0.29) is 16.7 Å². The molecule has 0 saturated carbocycles. The van der Waals surface area contributed by atoms with Crippen molar-refractivity contribution in [1.29, 1.82) is 0 Å². The standard InChI is InChI=1S/C25H28ClNO3/c1-5-6-15-27-21(16-7-11-18(12-8-16)25(2,3)4)20(23(29)24(27)30)22(28)17-9-13-19(26)14-10-17/h7-14,21,28H,5-6,15H2,1-4H3/b22-20-. The number of aliphatic hydroxyl groups is 1. The molecule has 4 nitrogen and oxygen atoms in total. The van der Waals surface area contributed by atoms with Crippen LogP contribution in [0.5, 0.6) is 0 Å². The van der Waals surface area contributed by atoms with Crippen molar-refractivity contribution < 1.29 is 14.7 Å². The molecule has 0 aromatic heterocycles. The van der Waals surface area contributed by atoms with E-state index < -0.39 is 17.7 Å². The molecule has 0 radical (unpaired) electrons. The number of hydrogen-bond donors (Lipinski definition) is 1. The topological polar surface area (TPSA) is 57.6 Å². The van der Waals surface area contributed by atoms with Crippen molar-refractivity contribution in [2.75, 3.05) is 6.54 Å². The van der Waals surface area contributed by atoms with Gasteiger partial charge in [0.1, 0.15) is 5.76 Å². The highest BCUT2D eigenvalue weighted by molar-refractivity contribution is 6.46. The fourth-order valence-electron chi connectivity index (χ4n) is 3.71. The number of amides is 1. The monoisotopic (exact) mass is 425 g/mol. The van der Waals surface area contributed by atoms with Crippen LogP contribution in [0.4, 0.5) is 0 Å². The van der Waals surface area contributed by atoms with Gasteiger partial charge in [0.15, 0.2) is 0 Å². The van der Waals surface area contributed by atoms with E-state index in [9.17, 15) is 14.7 Å². The predicted octanol–water partition coefficient (Wildman–Crippen LogP) is 5.86. The summed E-state index contributed by atoms with van der Waals surface area (Å²) in [6, 6.07) is 13.9. The van der Waals surface area contributed by atoms with Gasteiger partial charge in [-0.15, -0.1) is 0 Å². The Kier molecular flexibility index (Phi) is 6.37. The van der Waals surface area contributed by atoms with Gasteiger partial charge in [0.2, 0.25) is 0 Å². The van der Waals surface area contributed by atoms with Gasteiger partial charge in [0.25, 0.3) is 11.7 Å². The van der Waals surface area contributed by atoms with Crippen LogP contribution in [0.1, 0.15) is 63.3 Å². The largest absolute Gasteiger partial charge is 0.507 e. The summed E-state index contributed by atoms with van der Waals surface area (Å²) in [5.74, 6) is -1.39. The van der Waals surface area contributed by atoms with Crippen LogP contribution in [0.25, 0.3) is 5.76 Å². The van der Waals surface area contributed by atoms with E-state index in [1.807, 2.05) is 31.2 Å². The third-order valence-electron chi connectivity index (χ3n) is 5.50. The summed E-state index contributed by atoms with van der Waals surface area (Å²) in [7, 11) is 0. The number of benzene rings is 2. The molecule has 0 aliphatic carbocycles. The Balaban J connectivity index is 2.13. The average molecular weight is 426 g/mol. The second-order valence-electron chi connectivity index (χ2n) is 8.72. The van der Waals surface area contributed by atoms with Crippen LogP contribution < -0.4 is 0 Å². The Morgan fingerprint density at radius 1 is 1.03 bits per heavy atom. The molecule has 1 aliphatic heterocycles. The molecule has 1 aliphatic rings. The molecule has 0 bridgehead atoms. The lowest BCUT2D eigenvalue weighted by Crippen LogP contribution is -2.30. The van der Waals surface area contributed by atoms with Gasteiger partial charge >= 0.3 is 0 Å². The van der Waals surface area contributed by atoms with Crippen molar-refractivity contribution in [2.45, 2.75) is 52.0 Å². The zero-order chi connectivity index (χ0) is 22.1. The van der Waals surface area contributed by atoms with E-state index in [0.29, 0.717) is 17.1 Å². The molecular weight excluding hydrogens is 398 g/mol. The lowest BCUT2D eigenvalue weighted by Gasteiger charge is -2.26. The Morgan fingerprint density at radius 2 is 1.63 bits per heavy atom. The summed E-state index contributed by atoms with van der Waals surface area (Å²) in [5.41, 5.74) is 2.56. The molecule has 3 rings (SSSR count). The van der Waals surface area contributed by atoms with Crippen molar-refractivity contribution in [2.24, 2.45) is 0 Å². The van der Waals surface area contributed by atoms with Crippen LogP contribution in [0, 0.1) is 0 Å². The number of aliphatic hydroxyl groups excluding tert-OH is 1. The molecule has 5 heteroatoms. The van der Waals surface area contributed by atoms with E-state index in [2.05, 4.69) is 20.8 Å². The maximum absolute atomic E-state index is 12.9. The minimum Gasteiger partial charge on any atom is -0.507 e. The first-order valence-corrected chi connectivity index (χ1v) is 10.7. The first kappa shape index (κ1) is 22.1. The zero-order valence-electron chi connectivity index (χ0n) is 17.9. The number of rotatable bonds is 5. The Morgan fingerprint density at radius 3 is 2.17 bits per heavy atom. The molecule has 1 heterocycles. The number of unbranched alkanes of at least 4 members (excludes halogenated alkanes) is 1. The van der Waals surface area contributed by atoms with E-state index in [1.165, 1.54) is 0 Å². The number of ketones is 1. The summed E-state index contributed by atoms with van der Waals surface area (Å²) < 4.78 is 0. The molecule has 1 atom stereocenters. The molecule has 0 spiro atoms. The second-order valence-corrected chi connectivity index (χ2v) is 9.16. The van der Waals surface area contributed by atoms with Crippen molar-refractivity contribution in [3.63, 3.8) is 0 Å². The average Bonchev–Trinajstić information content (AvgIpc) is 2.96. The van der Waals surface area contributed by atoms with Crippen LogP contribution >= 0.6 is 11.6 Å². The third-order valence-corrected chi connectivity index (χ3v) is 5.75. The van der Waals surface area contributed by atoms with E-state index in [1.54, 1.807) is 29.2 Å². The quantitative estimate of drug-likeness (QED) is 0.371. The normalized spacial score (nSPS) is 18.8. The molecular formula is C25H28ClNO3. The van der Waals surface area contributed by atoms with Crippen LogP contribution in [0.3, 0.4) is 0 Å². The van der Waals surface area contributed by atoms with E-state index in [4.69, 9.17) is 11.6 Å². The molecule has 1 N–H and O–H groups in total. The van der Waals surface area contributed by atoms with Crippen LogP contribution in [-0.4, -0.2) is 28.2 Å². The summed E-state index contributed by atoms with van der Waals surface area (Å²) in [6.07, 6.45) is 1.68. The van der Waals surface area contributed by atoms with Gasteiger partial charge in [-0.05, 0) is 47.2 Å². The summed E-state index contributed by atoms with van der Waals surface area (Å²) in [4.78, 5) is 27.3. The number of likely N-dealkylation sites (tertiary alicyclic amines) is 1. The van der Waals surface area contributed by atoms with Gasteiger partial charge in [-0.2, -0.15) is 0 Å². The maximum atomic E-state index is 12.9. The number of hydrogen-bond acceptors (Lipinski definition) is 3. The molecule has 2 aromatic carbocycles. The van der Waals surface area contributed by atoms with Crippen LogP contribution in [-0.2, 0) is 15.0 Å². The highest BCUT2D eigenvalue weighted by Crippen LogP contribution is 2.40. The van der Waals surface area contributed by atoms with Crippen LogP contribution in [0.2, 0.25) is 5.02 Å². The maximum Gasteiger partial charge on any atom is 0.295 e. The fourth-order valence-corrected chi connectivity index (χ4v) is 3.84. The number of carbonyl (C=O) groups is 2. The van der Waals surface area contributed by atoms with Crippen molar-refractivity contribution >= 4 is 29.1 Å². The first-order chi connectivity index (χ1) is 14.1.